The number of fused-ring (bicyclic) bond motifs is 1. The van der Waals surface area contributed by atoms with Crippen LogP contribution in [0.3, 0.4) is 0 Å². The van der Waals surface area contributed by atoms with Gasteiger partial charge in [0.1, 0.15) is 17.9 Å². The molecule has 0 N–H and O–H groups in total. The Labute approximate surface area is 75.3 Å². The summed E-state index contributed by atoms with van der Waals surface area (Å²) >= 11 is 0. The van der Waals surface area contributed by atoms with Crippen molar-refractivity contribution in [1.29, 1.82) is 0 Å². The van der Waals surface area contributed by atoms with Gasteiger partial charge in [-0.2, -0.15) is 0 Å². The van der Waals surface area contributed by atoms with Gasteiger partial charge in [-0.15, -0.1) is 0 Å². The standard InChI is InChI=1S/C10H9FO2/c11-9-1-2-10-8(4-9)3-7(5-12)6-13-10/h1-2,4-5,7H,3,6H2/t7-/m1/s1. The van der Waals surface area contributed by atoms with Gasteiger partial charge in [0.15, 0.2) is 0 Å². The largest absolute Gasteiger partial charge is 0.493 e. The predicted molar refractivity (Wildman–Crippen MR) is 45.2 cm³/mol. The molecule has 0 unspecified atom stereocenters. The van der Waals surface area contributed by atoms with Gasteiger partial charge in [-0.05, 0) is 30.2 Å². The lowest BCUT2D eigenvalue weighted by molar-refractivity contribution is -0.112. The smallest absolute Gasteiger partial charge is 0.126 e. The summed E-state index contributed by atoms with van der Waals surface area (Å²) in [6.45, 7) is 0.405. The van der Waals surface area contributed by atoms with E-state index in [1.807, 2.05) is 0 Å². The van der Waals surface area contributed by atoms with Crippen LogP contribution in [0, 0.1) is 11.7 Å². The molecule has 0 aromatic heterocycles. The summed E-state index contributed by atoms with van der Waals surface area (Å²) in [5.41, 5.74) is 0.781. The highest BCUT2D eigenvalue weighted by Gasteiger charge is 2.19. The van der Waals surface area contributed by atoms with Gasteiger partial charge in [0, 0.05) is 0 Å². The maximum atomic E-state index is 12.8. The molecule has 0 saturated heterocycles. The molecular formula is C10H9FO2. The van der Waals surface area contributed by atoms with Crippen molar-refractivity contribution in [3.63, 3.8) is 0 Å². The molecule has 1 aliphatic rings. The molecule has 1 heterocycles. The normalized spacial score (nSPS) is 20.2. The molecule has 0 radical (unpaired) electrons. The van der Waals surface area contributed by atoms with E-state index in [0.29, 0.717) is 18.8 Å². The van der Waals surface area contributed by atoms with E-state index in [1.165, 1.54) is 12.1 Å². The Morgan fingerprint density at radius 2 is 2.38 bits per heavy atom. The SMILES string of the molecule is O=C[C@@H]1COc2ccc(F)cc2C1. The number of ether oxygens (including phenoxy) is 1. The summed E-state index contributed by atoms with van der Waals surface area (Å²) in [4.78, 5) is 10.5. The van der Waals surface area contributed by atoms with Crippen molar-refractivity contribution in [1.82, 2.24) is 0 Å². The first-order chi connectivity index (χ1) is 6.29. The first-order valence-electron chi connectivity index (χ1n) is 4.16. The summed E-state index contributed by atoms with van der Waals surface area (Å²) < 4.78 is 18.1. The first-order valence-corrected chi connectivity index (χ1v) is 4.16. The predicted octanol–water partition coefficient (Wildman–Crippen LogP) is 1.58. The number of benzene rings is 1. The van der Waals surface area contributed by atoms with Crippen molar-refractivity contribution < 1.29 is 13.9 Å². The molecular weight excluding hydrogens is 171 g/mol. The van der Waals surface area contributed by atoms with E-state index in [-0.39, 0.29) is 11.7 Å². The van der Waals surface area contributed by atoms with Crippen molar-refractivity contribution in [2.45, 2.75) is 6.42 Å². The van der Waals surface area contributed by atoms with Crippen LogP contribution in [0.4, 0.5) is 4.39 Å². The summed E-state index contributed by atoms with van der Waals surface area (Å²) in [6, 6.07) is 4.39. The van der Waals surface area contributed by atoms with E-state index < -0.39 is 0 Å². The molecule has 1 atom stereocenters. The Morgan fingerprint density at radius 1 is 1.54 bits per heavy atom. The molecule has 0 bridgehead atoms. The molecule has 2 rings (SSSR count). The Kier molecular flexibility index (Phi) is 2.00. The Hall–Kier alpha value is -1.38. The molecule has 3 heteroatoms. The molecule has 68 valence electrons. The van der Waals surface area contributed by atoms with Crippen molar-refractivity contribution in [3.05, 3.63) is 29.6 Å². The van der Waals surface area contributed by atoms with Crippen LogP contribution in [0.5, 0.6) is 5.75 Å². The third-order valence-electron chi connectivity index (χ3n) is 2.15. The van der Waals surface area contributed by atoms with Crippen LogP contribution in [0.2, 0.25) is 0 Å². The first kappa shape index (κ1) is 8.23. The van der Waals surface area contributed by atoms with E-state index in [1.54, 1.807) is 6.07 Å². The number of aldehydes is 1. The van der Waals surface area contributed by atoms with Gasteiger partial charge in [0.25, 0.3) is 0 Å². The molecule has 0 aliphatic carbocycles. The lowest BCUT2D eigenvalue weighted by Gasteiger charge is -2.21. The van der Waals surface area contributed by atoms with Gasteiger partial charge in [-0.25, -0.2) is 4.39 Å². The third-order valence-corrected chi connectivity index (χ3v) is 2.15. The maximum absolute atomic E-state index is 12.8. The van der Waals surface area contributed by atoms with Crippen LogP contribution >= 0.6 is 0 Å². The Bertz CT molecular complexity index is 336. The highest BCUT2D eigenvalue weighted by Crippen LogP contribution is 2.26. The van der Waals surface area contributed by atoms with E-state index in [9.17, 15) is 9.18 Å². The third kappa shape index (κ3) is 1.54. The van der Waals surface area contributed by atoms with Gasteiger partial charge >= 0.3 is 0 Å². The lowest BCUT2D eigenvalue weighted by atomic mass is 9.98. The molecule has 0 amide bonds. The zero-order valence-electron chi connectivity index (χ0n) is 7.00. The maximum Gasteiger partial charge on any atom is 0.126 e. The number of hydrogen-bond donors (Lipinski definition) is 0. The average Bonchev–Trinajstić information content (AvgIpc) is 2.16. The van der Waals surface area contributed by atoms with Gasteiger partial charge in [0.2, 0.25) is 0 Å². The molecule has 0 saturated carbocycles. The molecule has 1 aromatic rings. The minimum Gasteiger partial charge on any atom is -0.493 e. The van der Waals surface area contributed by atoms with Gasteiger partial charge < -0.3 is 9.53 Å². The van der Waals surface area contributed by atoms with Crippen LogP contribution in [-0.2, 0) is 11.2 Å². The highest BCUT2D eigenvalue weighted by atomic mass is 19.1. The Balaban J connectivity index is 2.32. The zero-order chi connectivity index (χ0) is 9.26. The number of carbonyl (C=O) groups excluding carboxylic acids is 1. The summed E-state index contributed by atoms with van der Waals surface area (Å²) in [6.07, 6.45) is 1.43. The molecule has 2 nitrogen and oxygen atoms in total. The van der Waals surface area contributed by atoms with Gasteiger partial charge in [0.05, 0.1) is 12.5 Å². The minimum absolute atomic E-state index is 0.130. The van der Waals surface area contributed by atoms with Crippen LogP contribution in [0.15, 0.2) is 18.2 Å². The summed E-state index contributed by atoms with van der Waals surface area (Å²) in [7, 11) is 0. The van der Waals surface area contributed by atoms with Crippen molar-refractivity contribution >= 4 is 6.29 Å². The summed E-state index contributed by atoms with van der Waals surface area (Å²) in [5.74, 6) is 0.280. The molecule has 1 aliphatic heterocycles. The van der Waals surface area contributed by atoms with Crippen molar-refractivity contribution in [2.75, 3.05) is 6.61 Å². The molecule has 0 fully saturated rings. The number of hydrogen-bond acceptors (Lipinski definition) is 2. The Morgan fingerprint density at radius 3 is 3.15 bits per heavy atom. The quantitative estimate of drug-likeness (QED) is 0.613. The molecule has 1 aromatic carbocycles. The zero-order valence-corrected chi connectivity index (χ0v) is 7.00. The molecule has 0 spiro atoms. The fourth-order valence-corrected chi connectivity index (χ4v) is 1.47. The second kappa shape index (κ2) is 3.17. The van der Waals surface area contributed by atoms with Crippen LogP contribution in [0.1, 0.15) is 5.56 Å². The number of rotatable bonds is 1. The van der Waals surface area contributed by atoms with Crippen LogP contribution in [-0.4, -0.2) is 12.9 Å². The van der Waals surface area contributed by atoms with Crippen molar-refractivity contribution in [3.8, 4) is 5.75 Å². The van der Waals surface area contributed by atoms with E-state index in [4.69, 9.17) is 4.74 Å². The number of carbonyl (C=O) groups is 1. The minimum atomic E-state index is -0.283. The lowest BCUT2D eigenvalue weighted by Crippen LogP contribution is -2.21. The second-order valence-electron chi connectivity index (χ2n) is 3.16. The monoisotopic (exact) mass is 180 g/mol. The van der Waals surface area contributed by atoms with Gasteiger partial charge in [-0.1, -0.05) is 0 Å². The highest BCUT2D eigenvalue weighted by molar-refractivity contribution is 5.56. The van der Waals surface area contributed by atoms with E-state index in [2.05, 4.69) is 0 Å². The van der Waals surface area contributed by atoms with E-state index in [0.717, 1.165) is 11.8 Å². The number of halogens is 1. The van der Waals surface area contributed by atoms with Crippen LogP contribution in [0.25, 0.3) is 0 Å². The fourth-order valence-electron chi connectivity index (χ4n) is 1.47. The summed E-state index contributed by atoms with van der Waals surface area (Å²) in [5, 5.41) is 0. The van der Waals surface area contributed by atoms with Gasteiger partial charge in [-0.3, -0.25) is 0 Å². The second-order valence-corrected chi connectivity index (χ2v) is 3.16. The topological polar surface area (TPSA) is 26.3 Å². The molecule has 13 heavy (non-hydrogen) atoms. The van der Waals surface area contributed by atoms with E-state index >= 15 is 0 Å². The average molecular weight is 180 g/mol. The van der Waals surface area contributed by atoms with Crippen molar-refractivity contribution in [2.24, 2.45) is 5.92 Å². The fraction of sp³-hybridized carbons (Fsp3) is 0.300. The van der Waals surface area contributed by atoms with Crippen LogP contribution < -0.4 is 4.74 Å².